The number of benzene rings is 1. The first-order chi connectivity index (χ1) is 6.93. The number of aromatic hydroxyl groups is 1. The maximum absolute atomic E-state index is 13.3. The summed E-state index contributed by atoms with van der Waals surface area (Å²) in [5, 5.41) is 9.69. The number of hydrogen-bond donors (Lipinski definition) is 1. The Labute approximate surface area is 88.1 Å². The van der Waals surface area contributed by atoms with E-state index in [0.29, 0.717) is 0 Å². The molecule has 15 heavy (non-hydrogen) atoms. The molecule has 0 aromatic heterocycles. The van der Waals surface area contributed by atoms with Crippen LogP contribution in [-0.4, -0.2) is 10.9 Å². The summed E-state index contributed by atoms with van der Waals surface area (Å²) in [6.45, 7) is 6.71. The number of ketones is 1. The Bertz CT molecular complexity index is 422. The second kappa shape index (κ2) is 4.26. The van der Waals surface area contributed by atoms with E-state index < -0.39 is 5.82 Å². The Morgan fingerprint density at radius 2 is 2.07 bits per heavy atom. The van der Waals surface area contributed by atoms with Crippen LogP contribution in [0.3, 0.4) is 0 Å². The van der Waals surface area contributed by atoms with E-state index in [2.05, 4.69) is 6.58 Å². The van der Waals surface area contributed by atoms with Gasteiger partial charge in [-0.05, 0) is 32.4 Å². The first-order valence-corrected chi connectivity index (χ1v) is 4.59. The Balaban J connectivity index is 3.29. The van der Waals surface area contributed by atoms with Gasteiger partial charge in [0.2, 0.25) is 0 Å². The lowest BCUT2D eigenvalue weighted by Crippen LogP contribution is -1.99. The molecule has 0 unspecified atom stereocenters. The van der Waals surface area contributed by atoms with Crippen molar-refractivity contribution in [1.29, 1.82) is 0 Å². The predicted octanol–water partition coefficient (Wildman–Crippen LogP) is 2.85. The number of Topliss-reactive ketones (excluding diaryl/α,β-unsaturated/α-hetero) is 1. The number of halogens is 1. The van der Waals surface area contributed by atoms with E-state index in [4.69, 9.17) is 0 Å². The molecule has 0 saturated heterocycles. The monoisotopic (exact) mass is 208 g/mol. The van der Waals surface area contributed by atoms with Crippen molar-refractivity contribution in [3.8, 4) is 5.75 Å². The van der Waals surface area contributed by atoms with Gasteiger partial charge in [0.05, 0.1) is 5.56 Å². The molecule has 3 heteroatoms. The number of phenols is 1. The average molecular weight is 208 g/mol. The van der Waals surface area contributed by atoms with Crippen LogP contribution in [0, 0.1) is 5.82 Å². The Morgan fingerprint density at radius 3 is 2.53 bits per heavy atom. The molecule has 0 saturated carbocycles. The van der Waals surface area contributed by atoms with Crippen LogP contribution in [0.2, 0.25) is 0 Å². The van der Waals surface area contributed by atoms with Gasteiger partial charge < -0.3 is 5.11 Å². The van der Waals surface area contributed by atoms with Gasteiger partial charge in [0.25, 0.3) is 0 Å². The van der Waals surface area contributed by atoms with Gasteiger partial charge in [-0.25, -0.2) is 4.39 Å². The molecule has 80 valence electrons. The summed E-state index contributed by atoms with van der Waals surface area (Å²) < 4.78 is 13.3. The molecule has 2 nitrogen and oxygen atoms in total. The maximum atomic E-state index is 13.3. The number of allylic oxidation sites excluding steroid dienone is 1. The van der Waals surface area contributed by atoms with Gasteiger partial charge >= 0.3 is 0 Å². The molecule has 0 atom stereocenters. The molecule has 0 aliphatic heterocycles. The average Bonchev–Trinajstić information content (AvgIpc) is 2.11. The minimum atomic E-state index is -0.513. The van der Waals surface area contributed by atoms with E-state index >= 15 is 0 Å². The minimum absolute atomic E-state index is 0.134. The first-order valence-electron chi connectivity index (χ1n) is 4.59. The van der Waals surface area contributed by atoms with Gasteiger partial charge in [-0.1, -0.05) is 12.2 Å². The highest BCUT2D eigenvalue weighted by Gasteiger charge is 2.15. The van der Waals surface area contributed by atoms with Crippen molar-refractivity contribution < 1.29 is 14.3 Å². The van der Waals surface area contributed by atoms with E-state index in [0.717, 1.165) is 5.57 Å². The zero-order chi connectivity index (χ0) is 11.6. The van der Waals surface area contributed by atoms with Crippen LogP contribution in [0.5, 0.6) is 5.75 Å². The lowest BCUT2D eigenvalue weighted by atomic mass is 10.0. The summed E-state index contributed by atoms with van der Waals surface area (Å²) >= 11 is 0. The summed E-state index contributed by atoms with van der Waals surface area (Å²) in [5.41, 5.74) is 1.01. The van der Waals surface area contributed by atoms with Gasteiger partial charge in [-0.2, -0.15) is 0 Å². The van der Waals surface area contributed by atoms with Crippen molar-refractivity contribution in [1.82, 2.24) is 0 Å². The number of rotatable bonds is 3. The van der Waals surface area contributed by atoms with Crippen molar-refractivity contribution in [3.05, 3.63) is 41.2 Å². The number of carbonyl (C=O) groups is 1. The van der Waals surface area contributed by atoms with Gasteiger partial charge in [0.1, 0.15) is 11.6 Å². The molecule has 0 heterocycles. The summed E-state index contributed by atoms with van der Waals surface area (Å²) in [4.78, 5) is 11.1. The molecule has 0 amide bonds. The quantitative estimate of drug-likeness (QED) is 0.612. The maximum Gasteiger partial charge on any atom is 0.163 e. The molecule has 0 aliphatic carbocycles. The third kappa shape index (κ3) is 2.43. The van der Waals surface area contributed by atoms with Crippen LogP contribution >= 0.6 is 0 Å². The van der Waals surface area contributed by atoms with Crippen LogP contribution in [0.4, 0.5) is 4.39 Å². The van der Waals surface area contributed by atoms with E-state index in [1.54, 1.807) is 6.92 Å². The molecule has 0 aliphatic rings. The van der Waals surface area contributed by atoms with Gasteiger partial charge in [0.15, 0.2) is 5.78 Å². The van der Waals surface area contributed by atoms with Crippen molar-refractivity contribution in [2.75, 3.05) is 0 Å². The molecule has 1 N–H and O–H groups in total. The van der Waals surface area contributed by atoms with Crippen molar-refractivity contribution in [3.63, 3.8) is 0 Å². The fourth-order valence-corrected chi connectivity index (χ4v) is 1.37. The Kier molecular flexibility index (Phi) is 3.24. The summed E-state index contributed by atoms with van der Waals surface area (Å²) in [6, 6.07) is 2.48. The van der Waals surface area contributed by atoms with E-state index in [1.807, 2.05) is 0 Å². The van der Waals surface area contributed by atoms with Crippen LogP contribution in [0.25, 0.3) is 0 Å². The summed E-state index contributed by atoms with van der Waals surface area (Å²) in [7, 11) is 0. The van der Waals surface area contributed by atoms with Crippen molar-refractivity contribution in [2.24, 2.45) is 0 Å². The van der Waals surface area contributed by atoms with Crippen LogP contribution in [0.15, 0.2) is 24.3 Å². The lowest BCUT2D eigenvalue weighted by molar-refractivity contribution is 0.101. The minimum Gasteiger partial charge on any atom is -0.507 e. The van der Waals surface area contributed by atoms with Gasteiger partial charge in [-0.15, -0.1) is 0 Å². The molecular weight excluding hydrogens is 195 g/mol. The second-order valence-electron chi connectivity index (χ2n) is 3.61. The highest BCUT2D eigenvalue weighted by Crippen LogP contribution is 2.27. The van der Waals surface area contributed by atoms with Gasteiger partial charge in [0, 0.05) is 5.56 Å². The SMILES string of the molecule is C=C(C)Cc1c(F)ccc(C(C)=O)c1O. The third-order valence-corrected chi connectivity index (χ3v) is 2.08. The predicted molar refractivity (Wildman–Crippen MR) is 56.6 cm³/mol. The zero-order valence-electron chi connectivity index (χ0n) is 8.80. The van der Waals surface area contributed by atoms with Crippen LogP contribution < -0.4 is 0 Å². The smallest absolute Gasteiger partial charge is 0.163 e. The molecular formula is C12H13FO2. The summed E-state index contributed by atoms with van der Waals surface area (Å²) in [6.07, 6.45) is 0.235. The molecule has 0 fully saturated rings. The lowest BCUT2D eigenvalue weighted by Gasteiger charge is -2.08. The Hall–Kier alpha value is -1.64. The highest BCUT2D eigenvalue weighted by molar-refractivity contribution is 5.97. The van der Waals surface area contributed by atoms with Crippen molar-refractivity contribution >= 4 is 5.78 Å². The molecule has 1 rings (SSSR count). The fourth-order valence-electron chi connectivity index (χ4n) is 1.37. The topological polar surface area (TPSA) is 37.3 Å². The standard InChI is InChI=1S/C12H13FO2/c1-7(2)6-10-11(13)5-4-9(8(3)14)12(10)15/h4-5,15H,1,6H2,2-3H3. The summed E-state index contributed by atoms with van der Waals surface area (Å²) in [5.74, 6) is -1.07. The third-order valence-electron chi connectivity index (χ3n) is 2.08. The van der Waals surface area contributed by atoms with Crippen molar-refractivity contribution in [2.45, 2.75) is 20.3 Å². The van der Waals surface area contributed by atoms with Crippen LogP contribution in [0.1, 0.15) is 29.8 Å². The molecule has 1 aromatic carbocycles. The molecule has 0 spiro atoms. The number of carbonyl (C=O) groups excluding carboxylic acids is 1. The van der Waals surface area contributed by atoms with Gasteiger partial charge in [-0.3, -0.25) is 4.79 Å². The number of phenolic OH excluding ortho intramolecular Hbond substituents is 1. The Morgan fingerprint density at radius 1 is 1.47 bits per heavy atom. The van der Waals surface area contributed by atoms with E-state index in [1.165, 1.54) is 19.1 Å². The van der Waals surface area contributed by atoms with Crippen LogP contribution in [-0.2, 0) is 6.42 Å². The largest absolute Gasteiger partial charge is 0.507 e. The number of hydrogen-bond acceptors (Lipinski definition) is 2. The fraction of sp³-hybridized carbons (Fsp3) is 0.250. The molecule has 0 radical (unpaired) electrons. The normalized spacial score (nSPS) is 10.1. The van der Waals surface area contributed by atoms with E-state index in [9.17, 15) is 14.3 Å². The zero-order valence-corrected chi connectivity index (χ0v) is 8.80. The molecule has 1 aromatic rings. The second-order valence-corrected chi connectivity index (χ2v) is 3.61. The highest BCUT2D eigenvalue weighted by atomic mass is 19.1. The first kappa shape index (κ1) is 11.4. The van der Waals surface area contributed by atoms with E-state index in [-0.39, 0.29) is 29.1 Å². The molecule has 0 bridgehead atoms.